The molecule has 2 aromatic rings. The van der Waals surface area contributed by atoms with Crippen LogP contribution in [-0.2, 0) is 17.5 Å². The fraction of sp³-hybridized carbons (Fsp3) is 0.353. The third-order valence-electron chi connectivity index (χ3n) is 4.28. The zero-order chi connectivity index (χ0) is 18.9. The molecule has 0 spiro atoms. The Balaban J connectivity index is 1.83. The van der Waals surface area contributed by atoms with Crippen LogP contribution in [0.3, 0.4) is 0 Å². The highest BCUT2D eigenvalue weighted by Crippen LogP contribution is 2.29. The van der Waals surface area contributed by atoms with Gasteiger partial charge in [-0.25, -0.2) is 4.68 Å². The van der Waals surface area contributed by atoms with E-state index in [1.807, 2.05) is 4.90 Å². The Kier molecular flexibility index (Phi) is 4.70. The van der Waals surface area contributed by atoms with Gasteiger partial charge in [-0.05, 0) is 24.3 Å². The van der Waals surface area contributed by atoms with Gasteiger partial charge in [-0.15, -0.1) is 11.5 Å². The van der Waals surface area contributed by atoms with Crippen LogP contribution < -0.4 is 0 Å². The van der Waals surface area contributed by atoms with Crippen LogP contribution in [0.25, 0.3) is 5.69 Å². The number of carbonyl (C=O) groups excluding carboxylic acids is 1. The molecule has 1 aromatic heterocycles. The van der Waals surface area contributed by atoms with Crippen molar-refractivity contribution in [3.05, 3.63) is 41.7 Å². The predicted octanol–water partition coefficient (Wildman–Crippen LogP) is 1.56. The molecule has 3 rings (SSSR count). The lowest BCUT2D eigenvalue weighted by Gasteiger charge is -2.36. The number of piperazine rings is 1. The molecule has 0 saturated carbocycles. The van der Waals surface area contributed by atoms with Gasteiger partial charge >= 0.3 is 6.18 Å². The Bertz CT molecular complexity index is 837. The van der Waals surface area contributed by atoms with Crippen molar-refractivity contribution in [2.24, 2.45) is 0 Å². The summed E-state index contributed by atoms with van der Waals surface area (Å²) in [5, 5.41) is 7.78. The zero-order valence-electron chi connectivity index (χ0n) is 13.9. The highest BCUT2D eigenvalue weighted by molar-refractivity contribution is 5.85. The van der Waals surface area contributed by atoms with Crippen LogP contribution in [0.5, 0.6) is 0 Å². The van der Waals surface area contributed by atoms with Gasteiger partial charge in [-0.2, -0.15) is 13.2 Å². The van der Waals surface area contributed by atoms with Crippen molar-refractivity contribution in [3.63, 3.8) is 0 Å². The van der Waals surface area contributed by atoms with E-state index >= 15 is 0 Å². The van der Waals surface area contributed by atoms with E-state index in [9.17, 15) is 18.0 Å². The molecule has 0 aliphatic carbocycles. The molecule has 0 N–H and O–H groups in total. The van der Waals surface area contributed by atoms with Gasteiger partial charge in [0.2, 0.25) is 0 Å². The van der Waals surface area contributed by atoms with Crippen molar-refractivity contribution < 1.29 is 18.0 Å². The van der Waals surface area contributed by atoms with E-state index in [4.69, 9.17) is 6.42 Å². The number of hydrogen-bond acceptors (Lipinski definition) is 4. The molecule has 1 amide bonds. The molecular weight excluding hydrogens is 347 g/mol. The summed E-state index contributed by atoms with van der Waals surface area (Å²) < 4.78 is 39.6. The summed E-state index contributed by atoms with van der Waals surface area (Å²) in [7, 11) is 1.69. The fourth-order valence-electron chi connectivity index (χ4n) is 2.81. The van der Waals surface area contributed by atoms with Gasteiger partial charge in [0.25, 0.3) is 5.91 Å². The van der Waals surface area contributed by atoms with E-state index in [1.165, 1.54) is 23.0 Å². The summed E-state index contributed by atoms with van der Waals surface area (Å²) in [5.74, 6) is 2.33. The molecule has 6 nitrogen and oxygen atoms in total. The summed E-state index contributed by atoms with van der Waals surface area (Å²) in [5.41, 5.74) is 0.338. The maximum absolute atomic E-state index is 12.7. The molecule has 26 heavy (non-hydrogen) atoms. The number of aromatic nitrogens is 3. The van der Waals surface area contributed by atoms with Gasteiger partial charge in [-0.1, -0.05) is 11.1 Å². The molecule has 1 saturated heterocycles. The van der Waals surface area contributed by atoms with Crippen molar-refractivity contribution in [3.8, 4) is 18.0 Å². The molecule has 1 fully saturated rings. The second-order valence-corrected chi connectivity index (χ2v) is 5.98. The van der Waals surface area contributed by atoms with Crippen LogP contribution in [0.15, 0.2) is 30.5 Å². The third-order valence-corrected chi connectivity index (χ3v) is 4.28. The Morgan fingerprint density at radius 1 is 1.27 bits per heavy atom. The van der Waals surface area contributed by atoms with Crippen molar-refractivity contribution in [2.45, 2.75) is 18.8 Å². The number of rotatable bonds is 3. The number of alkyl halides is 3. The van der Waals surface area contributed by atoms with E-state index in [0.717, 1.165) is 12.1 Å². The van der Waals surface area contributed by atoms with Gasteiger partial charge in [0.05, 0.1) is 23.1 Å². The number of hydrogen-bond donors (Lipinski definition) is 0. The van der Waals surface area contributed by atoms with Crippen LogP contribution in [0.1, 0.15) is 11.3 Å². The number of terminal acetylenes is 1. The van der Waals surface area contributed by atoms with Crippen molar-refractivity contribution in [2.75, 3.05) is 20.1 Å². The van der Waals surface area contributed by atoms with E-state index in [1.54, 1.807) is 11.9 Å². The molecular formula is C17H16F3N5O. The fourth-order valence-corrected chi connectivity index (χ4v) is 2.81. The predicted molar refractivity (Wildman–Crippen MR) is 87.0 cm³/mol. The first-order chi connectivity index (χ1) is 12.3. The Hall–Kier alpha value is -2.86. The first kappa shape index (κ1) is 17.9. The first-order valence-electron chi connectivity index (χ1n) is 7.83. The zero-order valence-corrected chi connectivity index (χ0v) is 13.9. The molecule has 1 unspecified atom stereocenters. The minimum atomic E-state index is -4.40. The van der Waals surface area contributed by atoms with E-state index in [2.05, 4.69) is 16.2 Å². The standard InChI is InChI=1S/C17H16F3N5O/c1-3-15-16(26)23(2)8-9-24(15)11-14-10-21-22-25(14)13-6-4-12(5-7-13)17(18,19)20/h1,4-7,10,15H,8-9,11H2,2H3. The molecule has 1 aliphatic rings. The van der Waals surface area contributed by atoms with Gasteiger partial charge in [-0.3, -0.25) is 9.69 Å². The smallest absolute Gasteiger partial charge is 0.342 e. The highest BCUT2D eigenvalue weighted by Gasteiger charge is 2.32. The average molecular weight is 363 g/mol. The second-order valence-electron chi connectivity index (χ2n) is 5.98. The van der Waals surface area contributed by atoms with Crippen LogP contribution in [-0.4, -0.2) is 56.9 Å². The average Bonchev–Trinajstić information content (AvgIpc) is 3.06. The van der Waals surface area contributed by atoms with E-state index in [0.29, 0.717) is 31.0 Å². The second kappa shape index (κ2) is 6.80. The number of carbonyl (C=O) groups is 1. The lowest BCUT2D eigenvalue weighted by atomic mass is 10.1. The van der Waals surface area contributed by atoms with Crippen molar-refractivity contribution in [1.82, 2.24) is 24.8 Å². The number of likely N-dealkylation sites (N-methyl/N-ethyl adjacent to an activating group) is 1. The monoisotopic (exact) mass is 363 g/mol. The Morgan fingerprint density at radius 2 is 1.96 bits per heavy atom. The largest absolute Gasteiger partial charge is 0.416 e. The molecule has 0 radical (unpaired) electrons. The topological polar surface area (TPSA) is 54.3 Å². The van der Waals surface area contributed by atoms with E-state index in [-0.39, 0.29) is 5.91 Å². The highest BCUT2D eigenvalue weighted by atomic mass is 19.4. The molecule has 1 atom stereocenters. The lowest BCUT2D eigenvalue weighted by Crippen LogP contribution is -2.54. The van der Waals surface area contributed by atoms with Crippen molar-refractivity contribution in [1.29, 1.82) is 0 Å². The van der Waals surface area contributed by atoms with Crippen LogP contribution in [0.2, 0.25) is 0 Å². The molecule has 2 heterocycles. The Labute approximate surface area is 148 Å². The first-order valence-corrected chi connectivity index (χ1v) is 7.83. The lowest BCUT2D eigenvalue weighted by molar-refractivity contribution is -0.138. The molecule has 9 heteroatoms. The van der Waals surface area contributed by atoms with Gasteiger partial charge in [0.15, 0.2) is 6.04 Å². The maximum atomic E-state index is 12.7. The van der Waals surface area contributed by atoms with Crippen LogP contribution >= 0.6 is 0 Å². The number of benzene rings is 1. The van der Waals surface area contributed by atoms with Gasteiger partial charge < -0.3 is 4.90 Å². The Morgan fingerprint density at radius 3 is 2.58 bits per heavy atom. The third kappa shape index (κ3) is 3.41. The number of amides is 1. The normalized spacial score (nSPS) is 18.8. The van der Waals surface area contributed by atoms with Crippen molar-refractivity contribution >= 4 is 5.91 Å². The quantitative estimate of drug-likeness (QED) is 0.777. The molecule has 1 aliphatic heterocycles. The van der Waals surface area contributed by atoms with Gasteiger partial charge in [0.1, 0.15) is 0 Å². The van der Waals surface area contributed by atoms with Crippen LogP contribution in [0.4, 0.5) is 13.2 Å². The SMILES string of the molecule is C#CC1C(=O)N(C)CCN1Cc1cnnn1-c1ccc(C(F)(F)F)cc1. The molecule has 1 aromatic carbocycles. The summed E-state index contributed by atoms with van der Waals surface area (Å²) in [4.78, 5) is 15.6. The number of nitrogens with zero attached hydrogens (tertiary/aromatic N) is 5. The minimum Gasteiger partial charge on any atom is -0.342 e. The molecule has 136 valence electrons. The summed E-state index contributed by atoms with van der Waals surface area (Å²) in [6, 6.07) is 3.95. The summed E-state index contributed by atoms with van der Waals surface area (Å²) >= 11 is 0. The maximum Gasteiger partial charge on any atom is 0.416 e. The van der Waals surface area contributed by atoms with E-state index < -0.39 is 17.8 Å². The molecule has 0 bridgehead atoms. The van der Waals surface area contributed by atoms with Crippen LogP contribution in [0, 0.1) is 12.3 Å². The minimum absolute atomic E-state index is 0.160. The number of halogens is 3. The van der Waals surface area contributed by atoms with Gasteiger partial charge in [0, 0.05) is 26.7 Å². The summed E-state index contributed by atoms with van der Waals surface area (Å²) in [6.07, 6.45) is 2.61. The summed E-state index contributed by atoms with van der Waals surface area (Å²) in [6.45, 7) is 1.43.